The second-order valence-electron chi connectivity index (χ2n) is 6.40. The van der Waals surface area contributed by atoms with Gasteiger partial charge in [0, 0.05) is 19.6 Å². The zero-order chi connectivity index (χ0) is 16.4. The summed E-state index contributed by atoms with van der Waals surface area (Å²) in [6, 6.07) is 7.90. The molecule has 1 saturated heterocycles. The Hall–Kier alpha value is -2.10. The summed E-state index contributed by atoms with van der Waals surface area (Å²) in [6.07, 6.45) is 4.15. The lowest BCUT2D eigenvalue weighted by atomic mass is 10.0. The van der Waals surface area contributed by atoms with Crippen LogP contribution in [0.5, 0.6) is 0 Å². The van der Waals surface area contributed by atoms with E-state index in [9.17, 15) is 9.59 Å². The van der Waals surface area contributed by atoms with Gasteiger partial charge in [0.2, 0.25) is 0 Å². The molecule has 2 aliphatic heterocycles. The normalized spacial score (nSPS) is 19.0. The lowest BCUT2D eigenvalue weighted by Gasteiger charge is -2.29. The molecule has 0 aliphatic carbocycles. The highest BCUT2D eigenvalue weighted by molar-refractivity contribution is 6.35. The van der Waals surface area contributed by atoms with Crippen LogP contribution in [0.4, 0.5) is 0 Å². The first-order valence-corrected chi connectivity index (χ1v) is 8.56. The molecule has 0 atom stereocenters. The number of piperidine rings is 1. The van der Waals surface area contributed by atoms with Crippen molar-refractivity contribution in [1.82, 2.24) is 9.80 Å². The summed E-state index contributed by atoms with van der Waals surface area (Å²) in [5.74, 6) is -0.254. The fourth-order valence-electron chi connectivity index (χ4n) is 3.38. The van der Waals surface area contributed by atoms with E-state index < -0.39 is 0 Å². The maximum Gasteiger partial charge on any atom is 0.277 e. The molecule has 1 aromatic rings. The molecular weight excluding hydrogens is 288 g/mol. The van der Waals surface area contributed by atoms with E-state index in [4.69, 9.17) is 0 Å². The molecule has 0 aromatic heterocycles. The smallest absolute Gasteiger partial charge is 0.277 e. The fourth-order valence-corrected chi connectivity index (χ4v) is 3.38. The number of hydrogen-bond acceptors (Lipinski definition) is 3. The van der Waals surface area contributed by atoms with Crippen LogP contribution in [0.3, 0.4) is 0 Å². The van der Waals surface area contributed by atoms with Crippen LogP contribution < -0.4 is 0 Å². The number of benzene rings is 1. The molecule has 3 rings (SSSR count). The van der Waals surface area contributed by atoms with Gasteiger partial charge in [0.1, 0.15) is 5.70 Å². The van der Waals surface area contributed by atoms with Gasteiger partial charge in [-0.2, -0.15) is 0 Å². The van der Waals surface area contributed by atoms with E-state index >= 15 is 0 Å². The predicted octanol–water partition coefficient (Wildman–Crippen LogP) is 2.97. The molecular formula is C19H24N2O2. The molecule has 0 radical (unpaired) electrons. The van der Waals surface area contributed by atoms with Gasteiger partial charge >= 0.3 is 0 Å². The van der Waals surface area contributed by atoms with Crippen molar-refractivity contribution in [3.05, 3.63) is 41.1 Å². The first kappa shape index (κ1) is 15.8. The molecule has 1 aromatic carbocycles. The van der Waals surface area contributed by atoms with Gasteiger partial charge in [-0.05, 0) is 38.2 Å². The van der Waals surface area contributed by atoms with Crippen LogP contribution in [0.25, 0.3) is 5.57 Å². The number of hydrogen-bond donors (Lipinski definition) is 0. The Kier molecular flexibility index (Phi) is 4.51. The Morgan fingerprint density at radius 2 is 1.61 bits per heavy atom. The number of carbonyl (C=O) groups excluding carboxylic acids is 2. The summed E-state index contributed by atoms with van der Waals surface area (Å²) < 4.78 is 0. The van der Waals surface area contributed by atoms with E-state index in [1.54, 1.807) is 0 Å². The van der Waals surface area contributed by atoms with Crippen molar-refractivity contribution in [3.8, 4) is 0 Å². The van der Waals surface area contributed by atoms with Crippen LogP contribution in [-0.4, -0.2) is 41.2 Å². The first-order chi connectivity index (χ1) is 11.1. The third-order valence-corrected chi connectivity index (χ3v) is 4.60. The van der Waals surface area contributed by atoms with Crippen LogP contribution in [-0.2, 0) is 9.59 Å². The van der Waals surface area contributed by atoms with Gasteiger partial charge in [0.25, 0.3) is 11.8 Å². The monoisotopic (exact) mass is 312 g/mol. The molecule has 23 heavy (non-hydrogen) atoms. The van der Waals surface area contributed by atoms with Crippen molar-refractivity contribution in [1.29, 1.82) is 0 Å². The molecule has 1 fully saturated rings. The predicted molar refractivity (Wildman–Crippen MR) is 90.5 cm³/mol. The highest BCUT2D eigenvalue weighted by Gasteiger charge is 2.41. The van der Waals surface area contributed by atoms with E-state index in [1.165, 1.54) is 11.3 Å². The third-order valence-electron chi connectivity index (χ3n) is 4.60. The van der Waals surface area contributed by atoms with Crippen molar-refractivity contribution in [2.75, 3.05) is 19.6 Å². The Morgan fingerprint density at radius 1 is 0.957 bits per heavy atom. The highest BCUT2D eigenvalue weighted by Crippen LogP contribution is 2.33. The average molecular weight is 312 g/mol. The van der Waals surface area contributed by atoms with Crippen LogP contribution in [0.15, 0.2) is 30.0 Å². The number of likely N-dealkylation sites (tertiary alicyclic amines) is 1. The minimum atomic E-state index is -0.138. The van der Waals surface area contributed by atoms with E-state index in [0.29, 0.717) is 17.8 Å². The van der Waals surface area contributed by atoms with E-state index in [1.807, 2.05) is 38.1 Å². The number of rotatable bonds is 4. The summed E-state index contributed by atoms with van der Waals surface area (Å²) in [5, 5.41) is 0. The van der Waals surface area contributed by atoms with Crippen LogP contribution in [0.1, 0.15) is 43.7 Å². The Bertz CT molecular complexity index is 640. The Morgan fingerprint density at radius 3 is 2.22 bits per heavy atom. The van der Waals surface area contributed by atoms with Gasteiger partial charge in [-0.3, -0.25) is 14.5 Å². The van der Waals surface area contributed by atoms with Crippen molar-refractivity contribution in [3.63, 3.8) is 0 Å². The number of amides is 2. The van der Waals surface area contributed by atoms with Gasteiger partial charge in [-0.1, -0.05) is 36.8 Å². The number of imide groups is 1. The van der Waals surface area contributed by atoms with Crippen LogP contribution in [0.2, 0.25) is 0 Å². The lowest BCUT2D eigenvalue weighted by Crippen LogP contribution is -2.37. The summed E-state index contributed by atoms with van der Waals surface area (Å²) in [5.41, 5.74) is 3.21. The molecule has 2 amide bonds. The molecule has 122 valence electrons. The SMILES string of the molecule is CCCN1C(=O)C(c2ccc(C)cc2)=C(N2CCCCC2)C1=O. The first-order valence-electron chi connectivity index (χ1n) is 8.56. The quantitative estimate of drug-likeness (QED) is 0.803. The Labute approximate surface area is 137 Å². The topological polar surface area (TPSA) is 40.6 Å². The second kappa shape index (κ2) is 6.57. The maximum atomic E-state index is 12.9. The minimum absolute atomic E-state index is 0.116. The number of carbonyl (C=O) groups is 2. The number of nitrogens with zero attached hydrogens (tertiary/aromatic N) is 2. The van der Waals surface area contributed by atoms with Crippen LogP contribution in [0, 0.1) is 6.92 Å². The molecule has 0 spiro atoms. The van der Waals surface area contributed by atoms with Crippen LogP contribution >= 0.6 is 0 Å². The van der Waals surface area contributed by atoms with Gasteiger partial charge < -0.3 is 4.90 Å². The second-order valence-corrected chi connectivity index (χ2v) is 6.40. The largest absolute Gasteiger partial charge is 0.366 e. The van der Waals surface area contributed by atoms with Gasteiger partial charge in [0.05, 0.1) is 5.57 Å². The molecule has 0 bridgehead atoms. The maximum absolute atomic E-state index is 12.9. The molecule has 0 N–H and O–H groups in total. The summed E-state index contributed by atoms with van der Waals surface area (Å²) >= 11 is 0. The average Bonchev–Trinajstić information content (AvgIpc) is 2.81. The lowest BCUT2D eigenvalue weighted by molar-refractivity contribution is -0.137. The van der Waals surface area contributed by atoms with Gasteiger partial charge in [-0.15, -0.1) is 0 Å². The number of aryl methyl sites for hydroxylation is 1. The van der Waals surface area contributed by atoms with E-state index in [-0.39, 0.29) is 11.8 Å². The minimum Gasteiger partial charge on any atom is -0.366 e. The Balaban J connectivity index is 2.06. The van der Waals surface area contributed by atoms with Crippen molar-refractivity contribution < 1.29 is 9.59 Å². The zero-order valence-electron chi connectivity index (χ0n) is 14.0. The fraction of sp³-hybridized carbons (Fsp3) is 0.474. The van der Waals surface area contributed by atoms with E-state index in [0.717, 1.165) is 43.5 Å². The summed E-state index contributed by atoms with van der Waals surface area (Å²) in [4.78, 5) is 29.3. The highest BCUT2D eigenvalue weighted by atomic mass is 16.2. The molecule has 0 saturated carbocycles. The van der Waals surface area contributed by atoms with Crippen molar-refractivity contribution in [2.24, 2.45) is 0 Å². The molecule has 4 nitrogen and oxygen atoms in total. The molecule has 0 unspecified atom stereocenters. The van der Waals surface area contributed by atoms with Gasteiger partial charge in [-0.25, -0.2) is 0 Å². The summed E-state index contributed by atoms with van der Waals surface area (Å²) in [6.45, 7) is 6.23. The summed E-state index contributed by atoms with van der Waals surface area (Å²) in [7, 11) is 0. The standard InChI is InChI=1S/C19H24N2O2/c1-3-11-21-18(22)16(15-9-7-14(2)8-10-15)17(19(21)23)20-12-5-4-6-13-20/h7-10H,3-6,11-13H2,1-2H3. The van der Waals surface area contributed by atoms with Crippen molar-refractivity contribution in [2.45, 2.75) is 39.5 Å². The third kappa shape index (κ3) is 2.90. The van der Waals surface area contributed by atoms with Crippen molar-refractivity contribution >= 4 is 17.4 Å². The zero-order valence-corrected chi connectivity index (χ0v) is 14.0. The molecule has 2 heterocycles. The van der Waals surface area contributed by atoms with Gasteiger partial charge in [0.15, 0.2) is 0 Å². The molecule has 4 heteroatoms. The molecule has 2 aliphatic rings. The van der Waals surface area contributed by atoms with E-state index in [2.05, 4.69) is 4.90 Å².